The third kappa shape index (κ3) is 5.18. The molecule has 0 saturated heterocycles. The summed E-state index contributed by atoms with van der Waals surface area (Å²) < 4.78 is 26.1. The summed E-state index contributed by atoms with van der Waals surface area (Å²) in [5.74, 6) is -0.0267. The number of carbonyl (C=O) groups excluding carboxylic acids is 1. The molecule has 2 aromatic rings. The summed E-state index contributed by atoms with van der Waals surface area (Å²) in [5.41, 5.74) is 5.20. The van der Waals surface area contributed by atoms with Crippen LogP contribution in [0.5, 0.6) is 0 Å². The smallest absolute Gasteiger partial charge is 0.232 e. The van der Waals surface area contributed by atoms with Crippen LogP contribution in [0, 0.1) is 13.8 Å². The third-order valence-corrected chi connectivity index (χ3v) is 6.89. The fourth-order valence-electron chi connectivity index (χ4n) is 4.02. The zero-order valence-corrected chi connectivity index (χ0v) is 18.3. The Labute approximate surface area is 174 Å². The molecule has 156 valence electrons. The molecular formula is C23H30N2O3S. The number of hydrogen-bond acceptors (Lipinski definition) is 3. The van der Waals surface area contributed by atoms with Crippen LogP contribution in [-0.2, 0) is 21.2 Å². The maximum atomic E-state index is 12.5. The summed E-state index contributed by atoms with van der Waals surface area (Å²) in [5, 5.41) is 3.14. The molecule has 0 spiro atoms. The largest absolute Gasteiger partial charge is 0.349 e. The van der Waals surface area contributed by atoms with Gasteiger partial charge in [0.05, 0.1) is 18.0 Å². The Morgan fingerprint density at radius 2 is 1.90 bits per heavy atom. The molecule has 2 aromatic carbocycles. The van der Waals surface area contributed by atoms with Crippen molar-refractivity contribution < 1.29 is 13.2 Å². The number of carbonyl (C=O) groups is 1. The molecule has 1 amide bonds. The molecule has 0 heterocycles. The Balaban J connectivity index is 1.62. The molecule has 0 fully saturated rings. The molecule has 1 atom stereocenters. The van der Waals surface area contributed by atoms with Gasteiger partial charge in [-0.2, -0.15) is 0 Å². The second-order valence-corrected chi connectivity index (χ2v) is 9.78. The fraction of sp³-hybridized carbons (Fsp3) is 0.435. The topological polar surface area (TPSA) is 66.5 Å². The second-order valence-electron chi connectivity index (χ2n) is 7.87. The van der Waals surface area contributed by atoms with Gasteiger partial charge in [-0.25, -0.2) is 8.42 Å². The standard InChI is InChI=1S/C23H30N2O3S/c1-17-9-6-14-22(18(17)2)25(29(3,27)28)16-8-15-23(26)24-21-13-7-11-19-10-4-5-12-20(19)21/h4-6,9-10,12,14,21H,7-8,11,13,15-16H2,1-3H3,(H,24,26)/t21-/m1/s1. The van der Waals surface area contributed by atoms with E-state index in [2.05, 4.69) is 17.4 Å². The monoisotopic (exact) mass is 414 g/mol. The molecule has 1 aliphatic carbocycles. The molecule has 6 heteroatoms. The zero-order valence-electron chi connectivity index (χ0n) is 17.4. The number of benzene rings is 2. The summed E-state index contributed by atoms with van der Waals surface area (Å²) in [6, 6.07) is 14.0. The molecule has 5 nitrogen and oxygen atoms in total. The van der Waals surface area contributed by atoms with Gasteiger partial charge in [0.15, 0.2) is 0 Å². The van der Waals surface area contributed by atoms with Crippen LogP contribution in [0.25, 0.3) is 0 Å². The summed E-state index contributed by atoms with van der Waals surface area (Å²) in [7, 11) is -3.42. The molecule has 0 radical (unpaired) electrons. The summed E-state index contributed by atoms with van der Waals surface area (Å²) in [6.07, 6.45) is 5.06. The summed E-state index contributed by atoms with van der Waals surface area (Å²) in [6.45, 7) is 4.18. The van der Waals surface area contributed by atoms with Gasteiger partial charge in [0, 0.05) is 13.0 Å². The van der Waals surface area contributed by atoms with Crippen molar-refractivity contribution in [3.8, 4) is 0 Å². The van der Waals surface area contributed by atoms with Crippen LogP contribution in [0.3, 0.4) is 0 Å². The number of hydrogen-bond donors (Lipinski definition) is 1. The number of aryl methyl sites for hydroxylation is 2. The van der Waals surface area contributed by atoms with Crippen molar-refractivity contribution in [1.29, 1.82) is 0 Å². The Bertz CT molecular complexity index is 985. The van der Waals surface area contributed by atoms with Gasteiger partial charge in [-0.1, -0.05) is 36.4 Å². The van der Waals surface area contributed by atoms with Gasteiger partial charge in [0.1, 0.15) is 0 Å². The molecule has 0 aliphatic heterocycles. The van der Waals surface area contributed by atoms with Gasteiger partial charge in [-0.3, -0.25) is 9.10 Å². The normalized spacial score (nSPS) is 16.2. The first kappa shape index (κ1) is 21.4. The lowest BCUT2D eigenvalue weighted by Gasteiger charge is -2.27. The zero-order chi connectivity index (χ0) is 21.0. The molecule has 0 aromatic heterocycles. The molecule has 0 unspecified atom stereocenters. The lowest BCUT2D eigenvalue weighted by Crippen LogP contribution is -2.34. The van der Waals surface area contributed by atoms with Gasteiger partial charge in [0.25, 0.3) is 0 Å². The van der Waals surface area contributed by atoms with Crippen LogP contribution in [0.1, 0.15) is 54.0 Å². The predicted octanol–water partition coefficient (Wildman–Crippen LogP) is 4.04. The molecule has 0 bridgehead atoms. The molecular weight excluding hydrogens is 384 g/mol. The highest BCUT2D eigenvalue weighted by molar-refractivity contribution is 7.92. The molecule has 0 saturated carbocycles. The predicted molar refractivity (Wildman–Crippen MR) is 118 cm³/mol. The van der Waals surface area contributed by atoms with E-state index in [0.717, 1.165) is 30.4 Å². The van der Waals surface area contributed by atoms with E-state index in [1.54, 1.807) is 0 Å². The first-order chi connectivity index (χ1) is 13.8. The minimum Gasteiger partial charge on any atom is -0.349 e. The molecule has 1 N–H and O–H groups in total. The van der Waals surface area contributed by atoms with Crippen molar-refractivity contribution in [2.45, 2.75) is 52.0 Å². The van der Waals surface area contributed by atoms with Crippen LogP contribution in [0.2, 0.25) is 0 Å². The van der Waals surface area contributed by atoms with E-state index in [1.165, 1.54) is 21.7 Å². The number of rotatable bonds is 7. The van der Waals surface area contributed by atoms with Crippen LogP contribution < -0.4 is 9.62 Å². The van der Waals surface area contributed by atoms with E-state index < -0.39 is 10.0 Å². The van der Waals surface area contributed by atoms with E-state index in [4.69, 9.17) is 0 Å². The van der Waals surface area contributed by atoms with E-state index in [0.29, 0.717) is 18.5 Å². The SMILES string of the molecule is Cc1cccc(N(CCCC(=O)N[C@@H]2CCCc3ccccc32)S(C)(=O)=O)c1C. The fourth-order valence-corrected chi connectivity index (χ4v) is 5.04. The van der Waals surface area contributed by atoms with Crippen molar-refractivity contribution >= 4 is 21.6 Å². The van der Waals surface area contributed by atoms with E-state index in [-0.39, 0.29) is 18.5 Å². The van der Waals surface area contributed by atoms with E-state index >= 15 is 0 Å². The average molecular weight is 415 g/mol. The highest BCUT2D eigenvalue weighted by Gasteiger charge is 2.23. The van der Waals surface area contributed by atoms with Gasteiger partial charge in [0.2, 0.25) is 15.9 Å². The average Bonchev–Trinajstić information content (AvgIpc) is 2.67. The Morgan fingerprint density at radius 3 is 2.66 bits per heavy atom. The highest BCUT2D eigenvalue weighted by Crippen LogP contribution is 2.29. The maximum Gasteiger partial charge on any atom is 0.232 e. The van der Waals surface area contributed by atoms with E-state index in [9.17, 15) is 13.2 Å². The number of fused-ring (bicyclic) bond motifs is 1. The maximum absolute atomic E-state index is 12.5. The van der Waals surface area contributed by atoms with Crippen LogP contribution in [-0.4, -0.2) is 27.1 Å². The number of nitrogens with zero attached hydrogens (tertiary/aromatic N) is 1. The van der Waals surface area contributed by atoms with Crippen LogP contribution in [0.4, 0.5) is 5.69 Å². The van der Waals surface area contributed by atoms with Gasteiger partial charge >= 0.3 is 0 Å². The molecule has 1 aliphatic rings. The quantitative estimate of drug-likeness (QED) is 0.743. The lowest BCUT2D eigenvalue weighted by atomic mass is 9.87. The van der Waals surface area contributed by atoms with Gasteiger partial charge in [-0.15, -0.1) is 0 Å². The van der Waals surface area contributed by atoms with Crippen molar-refractivity contribution in [2.24, 2.45) is 0 Å². The Kier molecular flexibility index (Phi) is 6.63. The van der Waals surface area contributed by atoms with E-state index in [1.807, 2.05) is 44.2 Å². The van der Waals surface area contributed by atoms with Gasteiger partial charge < -0.3 is 5.32 Å². The third-order valence-electron chi connectivity index (χ3n) is 5.71. The molecule has 29 heavy (non-hydrogen) atoms. The number of anilines is 1. The van der Waals surface area contributed by atoms with Crippen molar-refractivity contribution in [1.82, 2.24) is 5.32 Å². The second kappa shape index (κ2) is 8.99. The Morgan fingerprint density at radius 1 is 1.14 bits per heavy atom. The number of amides is 1. The first-order valence-electron chi connectivity index (χ1n) is 10.2. The highest BCUT2D eigenvalue weighted by atomic mass is 32.2. The van der Waals surface area contributed by atoms with Crippen LogP contribution in [0.15, 0.2) is 42.5 Å². The lowest BCUT2D eigenvalue weighted by molar-refractivity contribution is -0.122. The first-order valence-corrected chi connectivity index (χ1v) is 12.0. The minimum atomic E-state index is -3.42. The number of nitrogens with one attached hydrogen (secondary N) is 1. The van der Waals surface area contributed by atoms with Gasteiger partial charge in [-0.05, 0) is 67.9 Å². The van der Waals surface area contributed by atoms with Crippen molar-refractivity contribution in [3.63, 3.8) is 0 Å². The van der Waals surface area contributed by atoms with Crippen LogP contribution >= 0.6 is 0 Å². The summed E-state index contributed by atoms with van der Waals surface area (Å²) >= 11 is 0. The summed E-state index contributed by atoms with van der Waals surface area (Å²) in [4.78, 5) is 12.5. The number of sulfonamides is 1. The molecule has 3 rings (SSSR count). The Hall–Kier alpha value is -2.34. The minimum absolute atomic E-state index is 0.0267. The van der Waals surface area contributed by atoms with Crippen molar-refractivity contribution in [2.75, 3.05) is 17.1 Å². The van der Waals surface area contributed by atoms with Crippen molar-refractivity contribution in [3.05, 3.63) is 64.7 Å².